The molecule has 0 spiro atoms. The highest BCUT2D eigenvalue weighted by Crippen LogP contribution is 2.22. The third kappa shape index (κ3) is 3.42. The van der Waals surface area contributed by atoms with Crippen LogP contribution in [0.1, 0.15) is 31.1 Å². The number of ether oxygens (including phenoxy) is 1. The van der Waals surface area contributed by atoms with E-state index in [-0.39, 0.29) is 5.91 Å². The van der Waals surface area contributed by atoms with Crippen LogP contribution in [0.5, 0.6) is 5.75 Å². The molecule has 96 valence electrons. The number of benzene rings is 1. The van der Waals surface area contributed by atoms with Crippen molar-refractivity contribution in [2.75, 3.05) is 12.3 Å². The molecule has 1 amide bonds. The number of nitrogen functional groups attached to an aromatic ring is 1. The first-order chi connectivity index (χ1) is 8.39. The minimum Gasteiger partial charge on any atom is -0.492 e. The Morgan fingerprint density at radius 1 is 1.56 bits per heavy atom. The highest BCUT2D eigenvalue weighted by atomic mass is 16.5. The van der Waals surface area contributed by atoms with E-state index >= 15 is 0 Å². The van der Waals surface area contributed by atoms with Crippen LogP contribution < -0.4 is 15.8 Å². The van der Waals surface area contributed by atoms with Crippen LogP contribution in [-0.2, 0) is 0 Å². The van der Waals surface area contributed by atoms with Crippen LogP contribution in [0.4, 0.5) is 5.69 Å². The summed E-state index contributed by atoms with van der Waals surface area (Å²) in [5.41, 5.74) is 6.00. The van der Waals surface area contributed by atoms with Gasteiger partial charge in [0.25, 0.3) is 5.91 Å². The summed E-state index contributed by atoms with van der Waals surface area (Å²) in [6.45, 7) is 5.90. The fraction of sp³-hybridized carbons (Fsp3) is 0.357. The fourth-order valence-corrected chi connectivity index (χ4v) is 1.37. The van der Waals surface area contributed by atoms with E-state index in [0.717, 1.165) is 0 Å². The molecule has 0 saturated heterocycles. The van der Waals surface area contributed by atoms with E-state index in [1.807, 2.05) is 6.92 Å². The van der Waals surface area contributed by atoms with Crippen molar-refractivity contribution >= 4 is 11.6 Å². The molecular formula is C14H18N2O2. The van der Waals surface area contributed by atoms with E-state index in [4.69, 9.17) is 16.9 Å². The van der Waals surface area contributed by atoms with E-state index in [1.54, 1.807) is 32.0 Å². The van der Waals surface area contributed by atoms with Gasteiger partial charge in [0.2, 0.25) is 0 Å². The standard InChI is InChI=1S/C14H18N2O2/c1-5-14(3,4)16-13(17)10-7-8-12(18-6-2)11(15)9-10/h1,7-9H,6,15H2,2-4H3,(H,16,17). The van der Waals surface area contributed by atoms with Crippen molar-refractivity contribution < 1.29 is 9.53 Å². The van der Waals surface area contributed by atoms with E-state index in [2.05, 4.69) is 11.2 Å². The van der Waals surface area contributed by atoms with Gasteiger partial charge < -0.3 is 15.8 Å². The maximum atomic E-state index is 11.9. The molecule has 0 fully saturated rings. The van der Waals surface area contributed by atoms with Gasteiger partial charge in [-0.15, -0.1) is 6.42 Å². The summed E-state index contributed by atoms with van der Waals surface area (Å²) in [6, 6.07) is 4.91. The molecule has 0 aliphatic heterocycles. The van der Waals surface area contributed by atoms with Gasteiger partial charge in [-0.05, 0) is 39.0 Å². The second-order valence-corrected chi connectivity index (χ2v) is 4.41. The number of rotatable bonds is 4. The second kappa shape index (κ2) is 5.46. The van der Waals surface area contributed by atoms with E-state index in [1.165, 1.54) is 0 Å². The molecule has 0 bridgehead atoms. The van der Waals surface area contributed by atoms with Crippen LogP contribution in [0.15, 0.2) is 18.2 Å². The van der Waals surface area contributed by atoms with Crippen LogP contribution in [0.25, 0.3) is 0 Å². The zero-order valence-corrected chi connectivity index (χ0v) is 10.9. The predicted molar refractivity (Wildman–Crippen MR) is 72.4 cm³/mol. The maximum Gasteiger partial charge on any atom is 0.252 e. The minimum absolute atomic E-state index is 0.257. The molecule has 1 aromatic rings. The minimum atomic E-state index is -0.690. The number of carbonyl (C=O) groups excluding carboxylic acids is 1. The van der Waals surface area contributed by atoms with Crippen molar-refractivity contribution in [1.29, 1.82) is 0 Å². The van der Waals surface area contributed by atoms with Crippen molar-refractivity contribution in [3.8, 4) is 18.1 Å². The zero-order chi connectivity index (χ0) is 13.8. The Kier molecular flexibility index (Phi) is 4.22. The summed E-state index contributed by atoms with van der Waals surface area (Å²) in [4.78, 5) is 11.9. The monoisotopic (exact) mass is 246 g/mol. The van der Waals surface area contributed by atoms with Gasteiger partial charge in [-0.1, -0.05) is 5.92 Å². The zero-order valence-electron chi connectivity index (χ0n) is 10.9. The van der Waals surface area contributed by atoms with Gasteiger partial charge in [0.1, 0.15) is 5.75 Å². The van der Waals surface area contributed by atoms with E-state index in [0.29, 0.717) is 23.6 Å². The molecule has 0 aliphatic carbocycles. The van der Waals surface area contributed by atoms with Crippen LogP contribution in [-0.4, -0.2) is 18.1 Å². The number of nitrogens with two attached hydrogens (primary N) is 1. The Bertz CT molecular complexity index is 487. The average molecular weight is 246 g/mol. The molecule has 0 aromatic heterocycles. The third-order valence-corrected chi connectivity index (χ3v) is 2.36. The van der Waals surface area contributed by atoms with Crippen LogP contribution in [0.3, 0.4) is 0 Å². The normalized spacial score (nSPS) is 10.6. The van der Waals surface area contributed by atoms with Crippen molar-refractivity contribution in [2.45, 2.75) is 26.3 Å². The lowest BCUT2D eigenvalue weighted by Crippen LogP contribution is -2.42. The topological polar surface area (TPSA) is 64.3 Å². The molecule has 0 heterocycles. The number of anilines is 1. The molecule has 4 heteroatoms. The van der Waals surface area contributed by atoms with E-state index in [9.17, 15) is 4.79 Å². The molecule has 0 atom stereocenters. The Labute approximate surface area is 108 Å². The Hall–Kier alpha value is -2.15. The average Bonchev–Trinajstić information content (AvgIpc) is 2.31. The summed E-state index contributed by atoms with van der Waals surface area (Å²) in [6.07, 6.45) is 5.32. The summed E-state index contributed by atoms with van der Waals surface area (Å²) in [7, 11) is 0. The molecule has 1 aromatic carbocycles. The van der Waals surface area contributed by atoms with E-state index < -0.39 is 5.54 Å². The van der Waals surface area contributed by atoms with Crippen molar-refractivity contribution in [2.24, 2.45) is 0 Å². The summed E-state index contributed by atoms with van der Waals surface area (Å²) < 4.78 is 5.30. The molecule has 0 unspecified atom stereocenters. The van der Waals surface area contributed by atoms with Gasteiger partial charge in [-0.3, -0.25) is 4.79 Å². The first-order valence-electron chi connectivity index (χ1n) is 5.72. The number of terminal acetylenes is 1. The van der Waals surface area contributed by atoms with Crippen molar-refractivity contribution in [1.82, 2.24) is 5.32 Å². The number of hydrogen-bond donors (Lipinski definition) is 2. The number of amides is 1. The predicted octanol–water partition coefficient (Wildman–Crippen LogP) is 1.81. The number of carbonyl (C=O) groups is 1. The summed E-state index contributed by atoms with van der Waals surface area (Å²) in [5.74, 6) is 2.82. The van der Waals surface area contributed by atoms with Gasteiger partial charge >= 0.3 is 0 Å². The molecule has 1 rings (SSSR count). The van der Waals surface area contributed by atoms with Gasteiger partial charge in [0, 0.05) is 5.56 Å². The van der Waals surface area contributed by atoms with Gasteiger partial charge in [0.15, 0.2) is 0 Å². The fourth-order valence-electron chi connectivity index (χ4n) is 1.37. The summed E-state index contributed by atoms with van der Waals surface area (Å²) in [5, 5.41) is 2.73. The Balaban J connectivity index is 2.89. The number of nitrogens with one attached hydrogen (secondary N) is 1. The lowest BCUT2D eigenvalue weighted by Gasteiger charge is -2.19. The molecule has 0 radical (unpaired) electrons. The highest BCUT2D eigenvalue weighted by molar-refractivity contribution is 5.96. The van der Waals surface area contributed by atoms with Gasteiger partial charge in [-0.2, -0.15) is 0 Å². The number of hydrogen-bond acceptors (Lipinski definition) is 3. The largest absolute Gasteiger partial charge is 0.492 e. The van der Waals surface area contributed by atoms with Crippen molar-refractivity contribution in [3.05, 3.63) is 23.8 Å². The molecule has 4 nitrogen and oxygen atoms in total. The maximum absolute atomic E-state index is 11.9. The van der Waals surface area contributed by atoms with Crippen LogP contribution in [0.2, 0.25) is 0 Å². The van der Waals surface area contributed by atoms with Crippen LogP contribution in [0, 0.1) is 12.3 Å². The molecule has 18 heavy (non-hydrogen) atoms. The highest BCUT2D eigenvalue weighted by Gasteiger charge is 2.18. The lowest BCUT2D eigenvalue weighted by atomic mass is 10.1. The summed E-state index contributed by atoms with van der Waals surface area (Å²) >= 11 is 0. The smallest absolute Gasteiger partial charge is 0.252 e. The van der Waals surface area contributed by atoms with Gasteiger partial charge in [-0.25, -0.2) is 0 Å². The lowest BCUT2D eigenvalue weighted by molar-refractivity contribution is 0.0930. The van der Waals surface area contributed by atoms with Crippen molar-refractivity contribution in [3.63, 3.8) is 0 Å². The first kappa shape index (κ1) is 13.9. The first-order valence-corrected chi connectivity index (χ1v) is 5.72. The molecule has 0 saturated carbocycles. The van der Waals surface area contributed by atoms with Crippen LogP contribution >= 0.6 is 0 Å². The molecule has 0 aliphatic rings. The second-order valence-electron chi connectivity index (χ2n) is 4.41. The third-order valence-electron chi connectivity index (χ3n) is 2.36. The van der Waals surface area contributed by atoms with Gasteiger partial charge in [0.05, 0.1) is 17.8 Å². The SMILES string of the molecule is C#CC(C)(C)NC(=O)c1ccc(OCC)c(N)c1. The Morgan fingerprint density at radius 3 is 2.72 bits per heavy atom. The Morgan fingerprint density at radius 2 is 2.22 bits per heavy atom. The molecular weight excluding hydrogens is 228 g/mol. The molecule has 3 N–H and O–H groups in total. The quantitative estimate of drug-likeness (QED) is 0.629.